The Bertz CT molecular complexity index is 958. The molecular formula is C23H30ClN3OS2. The summed E-state index contributed by atoms with van der Waals surface area (Å²) in [5.41, 5.74) is 3.40. The molecule has 0 saturated heterocycles. The second-order valence-electron chi connectivity index (χ2n) is 7.10. The first-order valence-electron chi connectivity index (χ1n) is 10.1. The molecule has 162 valence electrons. The Morgan fingerprint density at radius 3 is 2.43 bits per heavy atom. The van der Waals surface area contributed by atoms with E-state index in [0.717, 1.165) is 45.4 Å². The van der Waals surface area contributed by atoms with Crippen LogP contribution in [0.3, 0.4) is 0 Å². The molecule has 3 rings (SSSR count). The van der Waals surface area contributed by atoms with Crippen LogP contribution < -0.4 is 4.90 Å². The van der Waals surface area contributed by atoms with Gasteiger partial charge in [-0.05, 0) is 56.3 Å². The standard InChI is InChI=1S/C23H29N3OS2.ClH/c1-5-25(6-2)12-13-26(21(27)16-28-19-10-8-7-9-11-19)23-24-22-18(4)14-17(3)15-20(22)29-23;/h7-11,14-15H,5-6,12-13,16H2,1-4H3;1H. The summed E-state index contributed by atoms with van der Waals surface area (Å²) in [6.07, 6.45) is 0. The first-order valence-corrected chi connectivity index (χ1v) is 11.9. The molecule has 0 unspecified atom stereocenters. The zero-order chi connectivity index (χ0) is 20.8. The maximum absolute atomic E-state index is 13.2. The minimum Gasteiger partial charge on any atom is -0.302 e. The van der Waals surface area contributed by atoms with Crippen LogP contribution in [0.15, 0.2) is 47.4 Å². The minimum absolute atomic E-state index is 0. The fourth-order valence-corrected chi connectivity index (χ4v) is 5.30. The van der Waals surface area contributed by atoms with Crippen molar-refractivity contribution >= 4 is 56.8 Å². The number of halogens is 1. The molecule has 0 saturated carbocycles. The largest absolute Gasteiger partial charge is 0.302 e. The molecule has 0 fully saturated rings. The summed E-state index contributed by atoms with van der Waals surface area (Å²) < 4.78 is 1.15. The van der Waals surface area contributed by atoms with Gasteiger partial charge in [-0.2, -0.15) is 0 Å². The maximum atomic E-state index is 13.2. The third-order valence-corrected chi connectivity index (χ3v) is 7.01. The van der Waals surface area contributed by atoms with Gasteiger partial charge in [0, 0.05) is 18.0 Å². The molecule has 0 N–H and O–H groups in total. The molecule has 0 aliphatic carbocycles. The predicted molar refractivity (Wildman–Crippen MR) is 134 cm³/mol. The number of hydrogen-bond acceptors (Lipinski definition) is 5. The summed E-state index contributed by atoms with van der Waals surface area (Å²) in [6, 6.07) is 14.4. The lowest BCUT2D eigenvalue weighted by atomic mass is 10.1. The molecule has 0 atom stereocenters. The van der Waals surface area contributed by atoms with E-state index in [1.165, 1.54) is 5.56 Å². The van der Waals surface area contributed by atoms with Gasteiger partial charge in [-0.15, -0.1) is 24.2 Å². The maximum Gasteiger partial charge on any atom is 0.239 e. The lowest BCUT2D eigenvalue weighted by Gasteiger charge is -2.24. The van der Waals surface area contributed by atoms with Crippen LogP contribution in [0, 0.1) is 13.8 Å². The van der Waals surface area contributed by atoms with Gasteiger partial charge in [-0.3, -0.25) is 9.69 Å². The van der Waals surface area contributed by atoms with E-state index in [1.807, 2.05) is 35.2 Å². The Labute approximate surface area is 194 Å². The monoisotopic (exact) mass is 463 g/mol. The number of aryl methyl sites for hydroxylation is 2. The van der Waals surface area contributed by atoms with E-state index in [9.17, 15) is 4.79 Å². The highest BCUT2D eigenvalue weighted by molar-refractivity contribution is 8.00. The summed E-state index contributed by atoms with van der Waals surface area (Å²) in [7, 11) is 0. The van der Waals surface area contributed by atoms with E-state index in [0.29, 0.717) is 12.3 Å². The van der Waals surface area contributed by atoms with Crippen molar-refractivity contribution in [2.75, 3.05) is 36.8 Å². The van der Waals surface area contributed by atoms with Crippen molar-refractivity contribution in [2.45, 2.75) is 32.6 Å². The fraction of sp³-hybridized carbons (Fsp3) is 0.391. The highest BCUT2D eigenvalue weighted by Gasteiger charge is 2.21. The second-order valence-corrected chi connectivity index (χ2v) is 9.16. The van der Waals surface area contributed by atoms with Gasteiger partial charge in [0.15, 0.2) is 5.13 Å². The number of carbonyl (C=O) groups is 1. The van der Waals surface area contributed by atoms with Crippen LogP contribution in [0.5, 0.6) is 0 Å². The highest BCUT2D eigenvalue weighted by Crippen LogP contribution is 2.32. The van der Waals surface area contributed by atoms with Gasteiger partial charge in [-0.25, -0.2) is 4.98 Å². The number of carbonyl (C=O) groups excluding carboxylic acids is 1. The Morgan fingerprint density at radius 2 is 1.77 bits per heavy atom. The molecule has 1 heterocycles. The lowest BCUT2D eigenvalue weighted by molar-refractivity contribution is -0.116. The molecule has 4 nitrogen and oxygen atoms in total. The molecule has 2 aromatic carbocycles. The van der Waals surface area contributed by atoms with Gasteiger partial charge in [0.2, 0.25) is 5.91 Å². The lowest BCUT2D eigenvalue weighted by Crippen LogP contribution is -2.39. The number of thiazole rings is 1. The van der Waals surface area contributed by atoms with Crippen LogP contribution in [-0.2, 0) is 4.79 Å². The number of amides is 1. The number of hydrogen-bond donors (Lipinski definition) is 0. The van der Waals surface area contributed by atoms with E-state index in [-0.39, 0.29) is 18.3 Å². The summed E-state index contributed by atoms with van der Waals surface area (Å²) >= 11 is 3.20. The number of fused-ring (bicyclic) bond motifs is 1. The minimum atomic E-state index is 0. The van der Waals surface area contributed by atoms with Crippen LogP contribution in [0.25, 0.3) is 10.2 Å². The van der Waals surface area contributed by atoms with Crippen LogP contribution >= 0.6 is 35.5 Å². The smallest absolute Gasteiger partial charge is 0.239 e. The van der Waals surface area contributed by atoms with Crippen molar-refractivity contribution in [1.29, 1.82) is 0 Å². The van der Waals surface area contributed by atoms with Gasteiger partial charge < -0.3 is 4.90 Å². The molecule has 0 aliphatic rings. The third kappa shape index (κ3) is 6.20. The number of thioether (sulfide) groups is 1. The molecule has 0 spiro atoms. The van der Waals surface area contributed by atoms with Gasteiger partial charge in [0.25, 0.3) is 0 Å². The Kier molecular flexibility index (Phi) is 9.62. The predicted octanol–water partition coefficient (Wildman–Crippen LogP) is 5.80. The number of nitrogens with zero attached hydrogens (tertiary/aromatic N) is 3. The van der Waals surface area contributed by atoms with Gasteiger partial charge >= 0.3 is 0 Å². The SMILES string of the molecule is CCN(CC)CCN(C(=O)CSc1ccccc1)c1nc2c(C)cc(C)cc2s1.Cl. The quantitative estimate of drug-likeness (QED) is 0.375. The molecule has 3 aromatic rings. The van der Waals surface area contributed by atoms with Crippen LogP contribution in [0.4, 0.5) is 5.13 Å². The molecule has 0 bridgehead atoms. The van der Waals surface area contributed by atoms with Crippen LogP contribution in [0.2, 0.25) is 0 Å². The fourth-order valence-electron chi connectivity index (χ4n) is 3.32. The topological polar surface area (TPSA) is 36.4 Å². The summed E-state index contributed by atoms with van der Waals surface area (Å²) in [6.45, 7) is 12.0. The average Bonchev–Trinajstić information content (AvgIpc) is 3.14. The van der Waals surface area contributed by atoms with Crippen molar-refractivity contribution < 1.29 is 4.79 Å². The van der Waals surface area contributed by atoms with E-state index >= 15 is 0 Å². The first kappa shape index (κ1) is 24.7. The molecule has 1 aromatic heterocycles. The summed E-state index contributed by atoms with van der Waals surface area (Å²) in [5.74, 6) is 0.523. The molecule has 7 heteroatoms. The normalized spacial score (nSPS) is 11.0. The number of rotatable bonds is 9. The van der Waals surface area contributed by atoms with Crippen LogP contribution in [-0.4, -0.2) is 47.7 Å². The molecule has 30 heavy (non-hydrogen) atoms. The van der Waals surface area contributed by atoms with Crippen molar-refractivity contribution in [2.24, 2.45) is 0 Å². The average molecular weight is 464 g/mol. The molecule has 0 radical (unpaired) electrons. The van der Waals surface area contributed by atoms with E-state index in [1.54, 1.807) is 23.1 Å². The van der Waals surface area contributed by atoms with E-state index < -0.39 is 0 Å². The van der Waals surface area contributed by atoms with Crippen molar-refractivity contribution in [3.8, 4) is 0 Å². The van der Waals surface area contributed by atoms with E-state index in [2.05, 4.69) is 44.7 Å². The molecule has 1 amide bonds. The zero-order valence-electron chi connectivity index (χ0n) is 18.1. The summed E-state index contributed by atoms with van der Waals surface area (Å²) in [4.78, 5) is 23.4. The number of anilines is 1. The van der Waals surface area contributed by atoms with Crippen molar-refractivity contribution in [3.05, 3.63) is 53.6 Å². The van der Waals surface area contributed by atoms with Gasteiger partial charge in [0.05, 0.1) is 16.0 Å². The van der Waals surface area contributed by atoms with E-state index in [4.69, 9.17) is 4.98 Å². The van der Waals surface area contributed by atoms with Gasteiger partial charge in [0.1, 0.15) is 0 Å². The Balaban J connectivity index is 0.00000320. The number of likely N-dealkylation sites (N-methyl/N-ethyl adjacent to an activating group) is 1. The molecule has 0 aliphatic heterocycles. The first-order chi connectivity index (χ1) is 14.0. The third-order valence-electron chi connectivity index (χ3n) is 4.99. The Morgan fingerprint density at radius 1 is 1.07 bits per heavy atom. The number of aromatic nitrogens is 1. The summed E-state index contributed by atoms with van der Waals surface area (Å²) in [5, 5.41) is 0.805. The number of benzene rings is 2. The van der Waals surface area contributed by atoms with Crippen LogP contribution in [0.1, 0.15) is 25.0 Å². The Hall–Kier alpha value is -1.60. The highest BCUT2D eigenvalue weighted by atomic mass is 35.5. The van der Waals surface area contributed by atoms with Gasteiger partial charge in [-0.1, -0.05) is 49.4 Å². The van der Waals surface area contributed by atoms with Crippen molar-refractivity contribution in [1.82, 2.24) is 9.88 Å². The van der Waals surface area contributed by atoms with Crippen molar-refractivity contribution in [3.63, 3.8) is 0 Å². The molecular weight excluding hydrogens is 434 g/mol. The zero-order valence-corrected chi connectivity index (χ0v) is 20.5. The second kappa shape index (κ2) is 11.7.